The van der Waals surface area contributed by atoms with Crippen LogP contribution in [0.25, 0.3) is 10.8 Å². The number of rotatable bonds is 6. The number of nitrogens with zero attached hydrogens (tertiary/aromatic N) is 3. The Bertz CT molecular complexity index is 1280. The number of pyridine rings is 2. The number of aromatic nitrogens is 2. The van der Waals surface area contributed by atoms with Gasteiger partial charge in [-0.3, -0.25) is 4.79 Å². The van der Waals surface area contributed by atoms with Crippen molar-refractivity contribution < 1.29 is 9.53 Å². The first-order valence-corrected chi connectivity index (χ1v) is 10.3. The Morgan fingerprint density at radius 2 is 1.85 bits per heavy atom. The number of nitrogens with one attached hydrogen (secondary N) is 1. The van der Waals surface area contributed by atoms with E-state index in [-0.39, 0.29) is 24.2 Å². The summed E-state index contributed by atoms with van der Waals surface area (Å²) in [5.74, 6) is 1.04. The van der Waals surface area contributed by atoms with Crippen LogP contribution in [0.2, 0.25) is 5.02 Å². The van der Waals surface area contributed by atoms with Gasteiger partial charge in [0.2, 0.25) is 5.88 Å². The van der Waals surface area contributed by atoms with Gasteiger partial charge in [0.1, 0.15) is 16.6 Å². The highest BCUT2D eigenvalue weighted by atomic mass is 35.5. The summed E-state index contributed by atoms with van der Waals surface area (Å²) in [6.07, 6.45) is 3.10. The van der Waals surface area contributed by atoms with Gasteiger partial charge in [-0.15, -0.1) is 0 Å². The molecule has 0 fully saturated rings. The fourth-order valence-corrected chi connectivity index (χ4v) is 3.40. The van der Waals surface area contributed by atoms with Crippen LogP contribution in [-0.2, 0) is 6.54 Å². The number of ether oxygens (including phenoxy) is 1. The number of halogens is 1. The fraction of sp³-hybridized carbons (Fsp3) is 0.160. The molecule has 33 heavy (non-hydrogen) atoms. The number of nitrogen functional groups attached to an aromatic ring is 1. The molecule has 3 N–H and O–H groups in total. The van der Waals surface area contributed by atoms with E-state index < -0.39 is 0 Å². The topological polar surface area (TPSA) is 93.4 Å². The van der Waals surface area contributed by atoms with Crippen LogP contribution in [0.15, 0.2) is 67.0 Å². The molecule has 0 saturated heterocycles. The lowest BCUT2D eigenvalue weighted by Gasteiger charge is -2.13. The molecule has 0 aliphatic carbocycles. The molecule has 0 aliphatic heterocycles. The quantitative estimate of drug-likeness (QED) is 0.403. The van der Waals surface area contributed by atoms with Crippen molar-refractivity contribution >= 4 is 39.8 Å². The Morgan fingerprint density at radius 1 is 1.09 bits per heavy atom. The average molecular weight is 464 g/mol. The third-order valence-corrected chi connectivity index (χ3v) is 5.22. The smallest absolute Gasteiger partial charge is 0.253 e. The maximum atomic E-state index is 12.6. The Morgan fingerprint density at radius 3 is 2.55 bits per heavy atom. The second-order valence-electron chi connectivity index (χ2n) is 7.44. The molecular formula is C25H26ClN5O2. The van der Waals surface area contributed by atoms with Crippen molar-refractivity contribution in [3.63, 3.8) is 0 Å². The van der Waals surface area contributed by atoms with E-state index >= 15 is 0 Å². The average Bonchev–Trinajstić information content (AvgIpc) is 2.79. The highest BCUT2D eigenvalue weighted by Gasteiger charge is 2.12. The zero-order valence-corrected chi connectivity index (χ0v) is 18.4. The normalized spacial score (nSPS) is 10.4. The number of hydrogen-bond acceptors (Lipinski definition) is 6. The largest absolute Gasteiger partial charge is 0.438 e. The molecule has 4 rings (SSSR count). The van der Waals surface area contributed by atoms with E-state index in [0.29, 0.717) is 23.7 Å². The minimum Gasteiger partial charge on any atom is -0.438 e. The Kier molecular flexibility index (Phi) is 7.35. The van der Waals surface area contributed by atoms with Gasteiger partial charge < -0.3 is 20.7 Å². The summed E-state index contributed by atoms with van der Waals surface area (Å²) >= 11 is 6.31. The summed E-state index contributed by atoms with van der Waals surface area (Å²) < 4.78 is 5.75. The lowest BCUT2D eigenvalue weighted by Crippen LogP contribution is -2.23. The summed E-state index contributed by atoms with van der Waals surface area (Å²) in [4.78, 5) is 22.9. The van der Waals surface area contributed by atoms with Crippen molar-refractivity contribution in [2.45, 2.75) is 14.0 Å². The number of benzene rings is 2. The molecule has 0 spiro atoms. The van der Waals surface area contributed by atoms with Gasteiger partial charge in [-0.25, -0.2) is 9.97 Å². The van der Waals surface area contributed by atoms with Crippen LogP contribution in [0, 0.1) is 0 Å². The van der Waals surface area contributed by atoms with Gasteiger partial charge in [0.15, 0.2) is 0 Å². The van der Waals surface area contributed by atoms with Gasteiger partial charge in [0.05, 0.1) is 5.56 Å². The van der Waals surface area contributed by atoms with E-state index in [2.05, 4.69) is 15.3 Å². The minimum atomic E-state index is -0.282. The predicted octanol–water partition coefficient (Wildman–Crippen LogP) is 5.29. The molecule has 0 unspecified atom stereocenters. The van der Waals surface area contributed by atoms with E-state index in [4.69, 9.17) is 22.1 Å². The molecule has 2 aromatic carbocycles. The SMILES string of the molecule is C.CN(C)c1ccc(Oc2ncc(C(=O)NCc3ccc4c(N)nccc4c3)cc2Cl)cc1. The van der Waals surface area contributed by atoms with Gasteiger partial charge in [-0.2, -0.15) is 0 Å². The van der Waals surface area contributed by atoms with Crippen molar-refractivity contribution in [2.75, 3.05) is 24.7 Å². The summed E-state index contributed by atoms with van der Waals surface area (Å²) in [7, 11) is 3.93. The Labute approximate surface area is 198 Å². The van der Waals surface area contributed by atoms with Crippen molar-refractivity contribution in [3.8, 4) is 11.6 Å². The fourth-order valence-electron chi connectivity index (χ4n) is 3.19. The third kappa shape index (κ3) is 5.51. The first-order chi connectivity index (χ1) is 15.4. The molecule has 0 radical (unpaired) electrons. The molecule has 2 heterocycles. The molecule has 0 atom stereocenters. The summed E-state index contributed by atoms with van der Waals surface area (Å²) in [6.45, 7) is 0.352. The molecule has 7 nitrogen and oxygen atoms in total. The summed E-state index contributed by atoms with van der Waals surface area (Å²) in [5, 5.41) is 4.98. The lowest BCUT2D eigenvalue weighted by molar-refractivity contribution is 0.0950. The van der Waals surface area contributed by atoms with E-state index in [1.165, 1.54) is 6.20 Å². The number of hydrogen-bond donors (Lipinski definition) is 2. The van der Waals surface area contributed by atoms with Crippen LogP contribution in [-0.4, -0.2) is 30.0 Å². The van der Waals surface area contributed by atoms with Gasteiger partial charge >= 0.3 is 0 Å². The second kappa shape index (κ2) is 10.2. The first-order valence-electron chi connectivity index (χ1n) is 9.93. The van der Waals surface area contributed by atoms with E-state index in [9.17, 15) is 4.79 Å². The Balaban J connectivity index is 0.00000306. The van der Waals surface area contributed by atoms with Crippen molar-refractivity contribution in [3.05, 3.63) is 83.1 Å². The van der Waals surface area contributed by atoms with Gasteiger partial charge in [-0.1, -0.05) is 31.2 Å². The van der Waals surface area contributed by atoms with E-state index in [1.54, 1.807) is 12.3 Å². The first kappa shape index (κ1) is 23.8. The van der Waals surface area contributed by atoms with Crippen LogP contribution in [0.4, 0.5) is 11.5 Å². The minimum absolute atomic E-state index is 0. The molecule has 170 valence electrons. The number of anilines is 2. The standard InChI is InChI=1S/C24H22ClN5O2.CH4/c1-30(2)18-4-6-19(7-5-18)32-24-21(25)12-17(14-29-24)23(31)28-13-15-3-8-20-16(11-15)9-10-27-22(20)26;/h3-12,14H,13H2,1-2H3,(H2,26,27)(H,28,31);1H4. The van der Waals surface area contributed by atoms with Crippen LogP contribution in [0.3, 0.4) is 0 Å². The number of fused-ring (bicyclic) bond motifs is 1. The van der Waals surface area contributed by atoms with Crippen molar-refractivity contribution in [1.82, 2.24) is 15.3 Å². The molecule has 2 aromatic heterocycles. The third-order valence-electron chi connectivity index (χ3n) is 4.95. The number of amides is 1. The maximum Gasteiger partial charge on any atom is 0.253 e. The lowest BCUT2D eigenvalue weighted by atomic mass is 10.1. The number of carbonyl (C=O) groups is 1. The van der Waals surface area contributed by atoms with Crippen LogP contribution in [0.5, 0.6) is 11.6 Å². The van der Waals surface area contributed by atoms with Gasteiger partial charge in [-0.05, 0) is 53.4 Å². The van der Waals surface area contributed by atoms with E-state index in [0.717, 1.165) is 22.0 Å². The Hall–Kier alpha value is -3.84. The highest BCUT2D eigenvalue weighted by molar-refractivity contribution is 6.32. The molecule has 8 heteroatoms. The molecule has 0 aliphatic rings. The molecule has 0 bridgehead atoms. The monoisotopic (exact) mass is 463 g/mol. The second-order valence-corrected chi connectivity index (χ2v) is 7.84. The van der Waals surface area contributed by atoms with Gasteiger partial charge in [0, 0.05) is 44.1 Å². The number of carbonyl (C=O) groups excluding carboxylic acids is 1. The van der Waals surface area contributed by atoms with Crippen LogP contribution in [0.1, 0.15) is 23.3 Å². The zero-order chi connectivity index (χ0) is 22.7. The van der Waals surface area contributed by atoms with Gasteiger partial charge in [0.25, 0.3) is 5.91 Å². The van der Waals surface area contributed by atoms with Crippen LogP contribution < -0.4 is 20.7 Å². The van der Waals surface area contributed by atoms with Crippen molar-refractivity contribution in [2.24, 2.45) is 0 Å². The van der Waals surface area contributed by atoms with E-state index in [1.807, 2.05) is 67.5 Å². The molecular weight excluding hydrogens is 438 g/mol. The molecule has 1 amide bonds. The maximum absolute atomic E-state index is 12.6. The zero-order valence-electron chi connectivity index (χ0n) is 17.7. The molecule has 0 saturated carbocycles. The summed E-state index contributed by atoms with van der Waals surface area (Å²) in [5.41, 5.74) is 8.22. The molecule has 4 aromatic rings. The van der Waals surface area contributed by atoms with Crippen molar-refractivity contribution in [1.29, 1.82) is 0 Å². The predicted molar refractivity (Wildman–Crippen MR) is 134 cm³/mol. The van der Waals surface area contributed by atoms with Crippen LogP contribution >= 0.6 is 11.6 Å². The number of nitrogens with two attached hydrogens (primary N) is 1. The summed E-state index contributed by atoms with van der Waals surface area (Å²) in [6, 6.07) is 16.7. The highest BCUT2D eigenvalue weighted by Crippen LogP contribution is 2.29.